The summed E-state index contributed by atoms with van der Waals surface area (Å²) in [5.41, 5.74) is 0.635. The predicted octanol–water partition coefficient (Wildman–Crippen LogP) is 1.79. The van der Waals surface area contributed by atoms with Crippen molar-refractivity contribution in [3.8, 4) is 5.75 Å². The van der Waals surface area contributed by atoms with E-state index < -0.39 is 46.7 Å². The van der Waals surface area contributed by atoms with E-state index in [2.05, 4.69) is 4.74 Å². The van der Waals surface area contributed by atoms with Gasteiger partial charge in [0.1, 0.15) is 0 Å². The maximum atomic E-state index is 14.6. The summed E-state index contributed by atoms with van der Waals surface area (Å²) in [6.45, 7) is 2.44. The molecular formula is C19H25F4N3O6S. The zero-order chi connectivity index (χ0) is 25.0. The minimum Gasteiger partial charge on any atom is -0.480 e. The van der Waals surface area contributed by atoms with Gasteiger partial charge in [0.25, 0.3) is 5.91 Å². The van der Waals surface area contributed by atoms with Crippen molar-refractivity contribution in [3.05, 3.63) is 29.1 Å². The molecule has 1 atom stereocenters. The lowest BCUT2D eigenvalue weighted by molar-refractivity contribution is -0.200. The van der Waals surface area contributed by atoms with Gasteiger partial charge in [0, 0.05) is 38.3 Å². The van der Waals surface area contributed by atoms with Crippen molar-refractivity contribution in [3.63, 3.8) is 0 Å². The fourth-order valence-electron chi connectivity index (χ4n) is 2.97. The van der Waals surface area contributed by atoms with Crippen LogP contribution in [0.25, 0.3) is 0 Å². The number of amides is 2. The SMILES string of the molecule is Cc1ccc(CN2CCN(C(=O)OC(C)C(F)(F)F)CC2)c(OCC(=O)NS(C)(=O)=O)c1F. The van der Waals surface area contributed by atoms with E-state index in [1.807, 2.05) is 4.90 Å². The maximum Gasteiger partial charge on any atom is 0.425 e. The number of benzene rings is 1. The number of carbonyl (C=O) groups excluding carboxylic acids is 2. The Morgan fingerprint density at radius 3 is 2.33 bits per heavy atom. The number of piperazine rings is 1. The van der Waals surface area contributed by atoms with E-state index in [-0.39, 0.29) is 44.0 Å². The molecule has 9 nitrogen and oxygen atoms in total. The monoisotopic (exact) mass is 499 g/mol. The lowest BCUT2D eigenvalue weighted by Gasteiger charge is -2.35. The summed E-state index contributed by atoms with van der Waals surface area (Å²) in [7, 11) is -3.79. The second-order valence-electron chi connectivity index (χ2n) is 7.60. The Hall–Kier alpha value is -2.61. The van der Waals surface area contributed by atoms with E-state index in [0.717, 1.165) is 18.1 Å². The van der Waals surface area contributed by atoms with Crippen molar-refractivity contribution in [2.75, 3.05) is 39.0 Å². The number of hydrogen-bond acceptors (Lipinski definition) is 7. The van der Waals surface area contributed by atoms with Crippen LogP contribution in [-0.4, -0.2) is 81.5 Å². The Labute approximate surface area is 188 Å². The highest BCUT2D eigenvalue weighted by Gasteiger charge is 2.40. The third-order valence-electron chi connectivity index (χ3n) is 4.78. The molecule has 0 aromatic heterocycles. The number of aryl methyl sites for hydroxylation is 1. The van der Waals surface area contributed by atoms with Crippen molar-refractivity contribution < 1.29 is 45.0 Å². The molecule has 1 aromatic rings. The minimum atomic E-state index is -4.65. The van der Waals surface area contributed by atoms with Crippen LogP contribution in [0.15, 0.2) is 12.1 Å². The van der Waals surface area contributed by atoms with E-state index in [9.17, 15) is 35.6 Å². The standard InChI is InChI=1S/C19H25F4N3O6S/c1-12-4-5-14(17(16(12)20)31-11-15(27)24-33(3,29)30)10-25-6-8-26(9-7-25)18(28)32-13(2)19(21,22)23/h4-5,13H,6-11H2,1-3H3,(H,24,27). The molecule has 2 rings (SSSR count). The number of rotatable bonds is 7. The molecule has 33 heavy (non-hydrogen) atoms. The van der Waals surface area contributed by atoms with Crippen LogP contribution < -0.4 is 9.46 Å². The van der Waals surface area contributed by atoms with Crippen molar-refractivity contribution in [1.29, 1.82) is 0 Å². The van der Waals surface area contributed by atoms with E-state index in [1.54, 1.807) is 10.8 Å². The molecule has 1 aliphatic rings. The topological polar surface area (TPSA) is 105 Å². The highest BCUT2D eigenvalue weighted by atomic mass is 32.2. The average molecular weight is 499 g/mol. The smallest absolute Gasteiger partial charge is 0.425 e. The summed E-state index contributed by atoms with van der Waals surface area (Å²) in [4.78, 5) is 26.6. The lowest BCUT2D eigenvalue weighted by Crippen LogP contribution is -2.49. The first-order valence-corrected chi connectivity index (χ1v) is 11.7. The number of sulfonamides is 1. The van der Waals surface area contributed by atoms with E-state index >= 15 is 0 Å². The molecule has 1 aliphatic heterocycles. The molecule has 2 amide bonds. The Balaban J connectivity index is 1.99. The fourth-order valence-corrected chi connectivity index (χ4v) is 3.44. The van der Waals surface area contributed by atoms with Crippen LogP contribution in [0.1, 0.15) is 18.1 Å². The lowest BCUT2D eigenvalue weighted by atomic mass is 10.1. The largest absolute Gasteiger partial charge is 0.480 e. The molecular weight excluding hydrogens is 474 g/mol. The summed E-state index contributed by atoms with van der Waals surface area (Å²) in [6, 6.07) is 3.11. The van der Waals surface area contributed by atoms with E-state index in [0.29, 0.717) is 5.56 Å². The third kappa shape index (κ3) is 8.03. The van der Waals surface area contributed by atoms with Crippen LogP contribution in [0.5, 0.6) is 5.75 Å². The fraction of sp³-hybridized carbons (Fsp3) is 0.579. The van der Waals surface area contributed by atoms with Crippen LogP contribution in [0.2, 0.25) is 0 Å². The van der Waals surface area contributed by atoms with Crippen LogP contribution in [0, 0.1) is 12.7 Å². The quantitative estimate of drug-likeness (QED) is 0.571. The predicted molar refractivity (Wildman–Crippen MR) is 108 cm³/mol. The normalized spacial score (nSPS) is 16.3. The van der Waals surface area contributed by atoms with Crippen LogP contribution in [0.4, 0.5) is 22.4 Å². The Morgan fingerprint density at radius 2 is 1.79 bits per heavy atom. The van der Waals surface area contributed by atoms with Gasteiger partial charge < -0.3 is 14.4 Å². The molecule has 0 bridgehead atoms. The van der Waals surface area contributed by atoms with Gasteiger partial charge in [0.05, 0.1) is 6.26 Å². The van der Waals surface area contributed by atoms with Gasteiger partial charge in [0.15, 0.2) is 24.3 Å². The van der Waals surface area contributed by atoms with Crippen LogP contribution in [-0.2, 0) is 26.1 Å². The number of nitrogens with zero attached hydrogens (tertiary/aromatic N) is 2. The molecule has 1 unspecified atom stereocenters. The second-order valence-corrected chi connectivity index (χ2v) is 9.35. The molecule has 1 saturated heterocycles. The molecule has 0 aliphatic carbocycles. The van der Waals surface area contributed by atoms with Gasteiger partial charge in [-0.15, -0.1) is 0 Å². The van der Waals surface area contributed by atoms with Gasteiger partial charge in [-0.1, -0.05) is 12.1 Å². The zero-order valence-electron chi connectivity index (χ0n) is 18.2. The van der Waals surface area contributed by atoms with E-state index in [1.165, 1.54) is 13.0 Å². The number of ether oxygens (including phenoxy) is 2. The first kappa shape index (κ1) is 26.6. The van der Waals surface area contributed by atoms with Crippen LogP contribution >= 0.6 is 0 Å². The molecule has 0 spiro atoms. The summed E-state index contributed by atoms with van der Waals surface area (Å²) in [6.07, 6.45) is -7.15. The highest BCUT2D eigenvalue weighted by molar-refractivity contribution is 7.89. The molecule has 1 heterocycles. The van der Waals surface area contributed by atoms with Crippen molar-refractivity contribution in [2.24, 2.45) is 0 Å². The van der Waals surface area contributed by atoms with Crippen molar-refractivity contribution in [2.45, 2.75) is 32.7 Å². The maximum absolute atomic E-state index is 14.6. The molecule has 0 radical (unpaired) electrons. The Bertz CT molecular complexity index is 978. The molecule has 1 N–H and O–H groups in total. The van der Waals surface area contributed by atoms with Gasteiger partial charge in [-0.2, -0.15) is 13.2 Å². The summed E-state index contributed by atoms with van der Waals surface area (Å²) in [5, 5.41) is 0. The van der Waals surface area contributed by atoms with Crippen molar-refractivity contribution in [1.82, 2.24) is 14.5 Å². The van der Waals surface area contributed by atoms with Gasteiger partial charge >= 0.3 is 12.3 Å². The Morgan fingerprint density at radius 1 is 1.18 bits per heavy atom. The minimum absolute atomic E-state index is 0.102. The van der Waals surface area contributed by atoms with Gasteiger partial charge in [-0.25, -0.2) is 17.6 Å². The van der Waals surface area contributed by atoms with Crippen LogP contribution in [0.3, 0.4) is 0 Å². The first-order chi connectivity index (χ1) is 15.2. The molecule has 1 aromatic carbocycles. The molecule has 1 fully saturated rings. The second kappa shape index (κ2) is 10.5. The first-order valence-electron chi connectivity index (χ1n) is 9.83. The molecule has 0 saturated carbocycles. The number of alkyl halides is 3. The molecule has 186 valence electrons. The number of carbonyl (C=O) groups is 2. The van der Waals surface area contributed by atoms with Gasteiger partial charge in [-0.05, 0) is 19.4 Å². The number of halogens is 4. The summed E-state index contributed by atoms with van der Waals surface area (Å²) >= 11 is 0. The molecule has 14 heteroatoms. The third-order valence-corrected chi connectivity index (χ3v) is 5.38. The zero-order valence-corrected chi connectivity index (χ0v) is 19.1. The number of nitrogens with one attached hydrogen (secondary N) is 1. The summed E-state index contributed by atoms with van der Waals surface area (Å²) < 4.78 is 86.0. The Kier molecular flexibility index (Phi) is 8.52. The number of hydrogen-bond donors (Lipinski definition) is 1. The van der Waals surface area contributed by atoms with E-state index in [4.69, 9.17) is 4.74 Å². The average Bonchev–Trinajstić information content (AvgIpc) is 2.69. The van der Waals surface area contributed by atoms with Crippen molar-refractivity contribution >= 4 is 22.0 Å². The summed E-state index contributed by atoms with van der Waals surface area (Å²) in [5.74, 6) is -1.88. The van der Waals surface area contributed by atoms with Gasteiger partial charge in [0.2, 0.25) is 10.0 Å². The highest BCUT2D eigenvalue weighted by Crippen LogP contribution is 2.28. The van der Waals surface area contributed by atoms with Gasteiger partial charge in [-0.3, -0.25) is 14.4 Å².